The highest BCUT2D eigenvalue weighted by atomic mass is 35.5. The Morgan fingerprint density at radius 2 is 1.93 bits per heavy atom. The predicted molar refractivity (Wildman–Crippen MR) is 113 cm³/mol. The highest BCUT2D eigenvalue weighted by Gasteiger charge is 2.34. The Hall–Kier alpha value is -2.04. The number of amides is 2. The summed E-state index contributed by atoms with van der Waals surface area (Å²) in [5.74, 6) is -0.134. The van der Waals surface area contributed by atoms with Gasteiger partial charge in [-0.25, -0.2) is 0 Å². The van der Waals surface area contributed by atoms with Crippen molar-refractivity contribution >= 4 is 35.0 Å². The number of carbonyl (C=O) groups excluding carboxylic acids is 2. The summed E-state index contributed by atoms with van der Waals surface area (Å²) in [5.41, 5.74) is 1.57. The predicted octanol–water partition coefficient (Wildman–Crippen LogP) is 4.91. The monoisotopic (exact) mass is 418 g/mol. The van der Waals surface area contributed by atoms with E-state index in [-0.39, 0.29) is 29.4 Å². The summed E-state index contributed by atoms with van der Waals surface area (Å²) in [4.78, 5) is 27.1. The molecule has 4 nitrogen and oxygen atoms in total. The van der Waals surface area contributed by atoms with Gasteiger partial charge >= 0.3 is 0 Å². The number of rotatable bonds is 6. The molecule has 0 bridgehead atoms. The molecule has 0 unspecified atom stereocenters. The molecule has 28 heavy (non-hydrogen) atoms. The molecule has 2 aromatic carbocycles. The molecule has 3 rings (SSSR count). The first-order chi connectivity index (χ1) is 13.5. The van der Waals surface area contributed by atoms with Gasteiger partial charge in [-0.05, 0) is 43.0 Å². The highest BCUT2D eigenvalue weighted by molar-refractivity contribution is 6.36. The van der Waals surface area contributed by atoms with Crippen molar-refractivity contribution in [3.63, 3.8) is 0 Å². The van der Waals surface area contributed by atoms with Gasteiger partial charge in [0.15, 0.2) is 0 Å². The number of likely N-dealkylation sites (tertiary alicyclic amines) is 1. The Labute approximate surface area is 175 Å². The van der Waals surface area contributed by atoms with Crippen LogP contribution in [-0.2, 0) is 4.79 Å². The fraction of sp³-hybridized carbons (Fsp3) is 0.364. The van der Waals surface area contributed by atoms with Crippen LogP contribution in [0.25, 0.3) is 0 Å². The molecule has 1 aliphatic rings. The molecule has 2 atom stereocenters. The van der Waals surface area contributed by atoms with Crippen molar-refractivity contribution in [2.24, 2.45) is 0 Å². The van der Waals surface area contributed by atoms with Gasteiger partial charge in [-0.15, -0.1) is 0 Å². The molecule has 0 saturated carbocycles. The lowest BCUT2D eigenvalue weighted by Gasteiger charge is -2.31. The third-order valence-electron chi connectivity index (χ3n) is 5.33. The molecule has 0 radical (unpaired) electrons. The summed E-state index contributed by atoms with van der Waals surface area (Å²) in [5, 5.41) is 3.43. The zero-order valence-corrected chi connectivity index (χ0v) is 17.3. The molecule has 1 fully saturated rings. The molecule has 2 amide bonds. The Morgan fingerprint density at radius 3 is 2.61 bits per heavy atom. The van der Waals surface area contributed by atoms with E-state index < -0.39 is 0 Å². The molecular weight excluding hydrogens is 395 g/mol. The molecule has 148 valence electrons. The van der Waals surface area contributed by atoms with Gasteiger partial charge < -0.3 is 10.2 Å². The number of benzene rings is 2. The second kappa shape index (κ2) is 9.44. The van der Waals surface area contributed by atoms with Gasteiger partial charge in [0.25, 0.3) is 5.91 Å². The van der Waals surface area contributed by atoms with Crippen LogP contribution < -0.4 is 5.32 Å². The molecule has 1 aliphatic heterocycles. The molecule has 1 heterocycles. The zero-order valence-electron chi connectivity index (χ0n) is 15.8. The van der Waals surface area contributed by atoms with Gasteiger partial charge in [0.1, 0.15) is 0 Å². The summed E-state index contributed by atoms with van der Waals surface area (Å²) in [7, 11) is 0. The number of nitrogens with one attached hydrogen (secondary N) is 1. The lowest BCUT2D eigenvalue weighted by molar-refractivity contribution is -0.131. The minimum absolute atomic E-state index is 0.0422. The summed E-state index contributed by atoms with van der Waals surface area (Å²) in [6.07, 6.45) is 2.93. The van der Waals surface area contributed by atoms with Gasteiger partial charge in [0, 0.05) is 23.5 Å². The average Bonchev–Trinajstić information content (AvgIpc) is 3.17. The molecule has 0 aliphatic carbocycles. The van der Waals surface area contributed by atoms with Crippen molar-refractivity contribution in [3.8, 4) is 0 Å². The van der Waals surface area contributed by atoms with Crippen molar-refractivity contribution in [1.29, 1.82) is 0 Å². The topological polar surface area (TPSA) is 49.4 Å². The molecule has 1 N–H and O–H groups in total. The van der Waals surface area contributed by atoms with Crippen LogP contribution in [0.3, 0.4) is 0 Å². The summed E-state index contributed by atoms with van der Waals surface area (Å²) in [6, 6.07) is 15.2. The Kier molecular flexibility index (Phi) is 6.97. The molecule has 2 aromatic rings. The Balaban J connectivity index is 1.65. The largest absolute Gasteiger partial charge is 0.343 e. The number of carbonyl (C=O) groups is 2. The third-order valence-corrected chi connectivity index (χ3v) is 5.88. The van der Waals surface area contributed by atoms with Crippen LogP contribution in [0.15, 0.2) is 48.5 Å². The van der Waals surface area contributed by atoms with Crippen LogP contribution in [0.4, 0.5) is 0 Å². The second-order valence-electron chi connectivity index (χ2n) is 7.03. The lowest BCUT2D eigenvalue weighted by atomic mass is 9.87. The summed E-state index contributed by atoms with van der Waals surface area (Å²) >= 11 is 11.9. The van der Waals surface area contributed by atoms with Crippen LogP contribution >= 0.6 is 23.2 Å². The minimum Gasteiger partial charge on any atom is -0.343 e. The first kappa shape index (κ1) is 20.7. The quantitative estimate of drug-likeness (QED) is 0.724. The van der Waals surface area contributed by atoms with E-state index in [0.29, 0.717) is 16.5 Å². The van der Waals surface area contributed by atoms with E-state index in [2.05, 4.69) is 24.4 Å². The first-order valence-electron chi connectivity index (χ1n) is 9.59. The fourth-order valence-corrected chi connectivity index (χ4v) is 4.47. The highest BCUT2D eigenvalue weighted by Crippen LogP contribution is 2.33. The lowest BCUT2D eigenvalue weighted by Crippen LogP contribution is -2.44. The van der Waals surface area contributed by atoms with E-state index in [0.717, 1.165) is 25.8 Å². The van der Waals surface area contributed by atoms with Crippen LogP contribution in [0.5, 0.6) is 0 Å². The maximum absolute atomic E-state index is 12.8. The van der Waals surface area contributed by atoms with Crippen molar-refractivity contribution in [2.45, 2.75) is 38.1 Å². The van der Waals surface area contributed by atoms with Gasteiger partial charge in [0.2, 0.25) is 5.91 Å². The van der Waals surface area contributed by atoms with Crippen LogP contribution in [0.1, 0.15) is 48.0 Å². The second-order valence-corrected chi connectivity index (χ2v) is 7.87. The Bertz CT molecular complexity index is 842. The van der Waals surface area contributed by atoms with Crippen molar-refractivity contribution in [1.82, 2.24) is 10.2 Å². The third kappa shape index (κ3) is 4.68. The van der Waals surface area contributed by atoms with E-state index in [4.69, 9.17) is 23.2 Å². The minimum atomic E-state index is -0.374. The van der Waals surface area contributed by atoms with Crippen LogP contribution in [0.2, 0.25) is 10.0 Å². The van der Waals surface area contributed by atoms with Gasteiger partial charge in [-0.1, -0.05) is 60.5 Å². The van der Waals surface area contributed by atoms with E-state index in [9.17, 15) is 9.59 Å². The summed E-state index contributed by atoms with van der Waals surface area (Å²) < 4.78 is 0. The molecule has 6 heteroatoms. The normalized spacial score (nSPS) is 17.4. The number of hydrogen-bond acceptors (Lipinski definition) is 2. The Morgan fingerprint density at radius 1 is 1.18 bits per heavy atom. The van der Waals surface area contributed by atoms with Gasteiger partial charge in [0.05, 0.1) is 17.1 Å². The van der Waals surface area contributed by atoms with E-state index in [1.165, 1.54) is 11.6 Å². The van der Waals surface area contributed by atoms with E-state index in [1.54, 1.807) is 12.1 Å². The van der Waals surface area contributed by atoms with Gasteiger partial charge in [-0.3, -0.25) is 9.59 Å². The molecule has 0 spiro atoms. The van der Waals surface area contributed by atoms with E-state index >= 15 is 0 Å². The number of hydrogen-bond donors (Lipinski definition) is 1. The molecule has 1 saturated heterocycles. The maximum atomic E-state index is 12.8. The maximum Gasteiger partial charge on any atom is 0.253 e. The smallest absolute Gasteiger partial charge is 0.253 e. The standard InChI is InChI=1S/C22H24Cl2N2O2/c1-2-17(15-7-4-3-5-8-15)20-9-6-12-26(20)21(27)14-25-22(28)18-11-10-16(23)13-19(18)24/h3-5,7-8,10-11,13,17,20H,2,6,9,12,14H2,1H3,(H,25,28)/t17-,20+/m0/s1. The van der Waals surface area contributed by atoms with E-state index in [1.807, 2.05) is 23.1 Å². The number of nitrogens with zero attached hydrogens (tertiary/aromatic N) is 1. The SMILES string of the molecule is CC[C@@H](c1ccccc1)[C@H]1CCCN1C(=O)CNC(=O)c1ccc(Cl)cc1Cl. The van der Waals surface area contributed by atoms with Crippen molar-refractivity contribution in [2.75, 3.05) is 13.1 Å². The molecular formula is C22H24Cl2N2O2. The van der Waals surface area contributed by atoms with Crippen LogP contribution in [-0.4, -0.2) is 35.8 Å². The summed E-state index contributed by atoms with van der Waals surface area (Å²) in [6.45, 7) is 2.84. The van der Waals surface area contributed by atoms with Crippen molar-refractivity contribution < 1.29 is 9.59 Å². The number of halogens is 2. The first-order valence-corrected chi connectivity index (χ1v) is 10.3. The van der Waals surface area contributed by atoms with Crippen molar-refractivity contribution in [3.05, 3.63) is 69.7 Å². The fourth-order valence-electron chi connectivity index (χ4n) is 3.98. The zero-order chi connectivity index (χ0) is 20.1. The van der Waals surface area contributed by atoms with Crippen LogP contribution in [0, 0.1) is 0 Å². The average molecular weight is 419 g/mol. The molecule has 0 aromatic heterocycles. The van der Waals surface area contributed by atoms with Gasteiger partial charge in [-0.2, -0.15) is 0 Å².